The Morgan fingerprint density at radius 1 is 0.947 bits per heavy atom. The summed E-state index contributed by atoms with van der Waals surface area (Å²) in [5, 5.41) is 7.23. The smallest absolute Gasteiger partial charge is 0.241 e. The predicted octanol–water partition coefficient (Wildman–Crippen LogP) is 6.68. The van der Waals surface area contributed by atoms with E-state index < -0.39 is 0 Å². The highest BCUT2D eigenvalue weighted by molar-refractivity contribution is 5.92. The van der Waals surface area contributed by atoms with Crippen LogP contribution < -0.4 is 10.1 Å². The number of likely N-dealkylation sites (tertiary alicyclic amines) is 1. The molecule has 2 heterocycles. The molecule has 0 unspecified atom stereocenters. The van der Waals surface area contributed by atoms with Crippen LogP contribution in [0.15, 0.2) is 83.4 Å². The Bertz CT molecular complexity index is 1330. The van der Waals surface area contributed by atoms with E-state index in [1.165, 1.54) is 5.56 Å². The van der Waals surface area contributed by atoms with Crippen LogP contribution in [0.5, 0.6) is 11.5 Å². The van der Waals surface area contributed by atoms with Gasteiger partial charge in [0.05, 0.1) is 6.54 Å². The van der Waals surface area contributed by atoms with E-state index in [2.05, 4.69) is 53.3 Å². The number of hydrogen-bond acceptors (Lipinski definition) is 6. The van der Waals surface area contributed by atoms with Crippen molar-refractivity contribution in [3.63, 3.8) is 0 Å². The van der Waals surface area contributed by atoms with Crippen molar-refractivity contribution in [2.45, 2.75) is 45.6 Å². The lowest BCUT2D eigenvalue weighted by Gasteiger charge is -2.30. The number of ether oxygens (including phenoxy) is 1. The number of nitrogens with one attached hydrogen (secondary N) is 1. The van der Waals surface area contributed by atoms with Gasteiger partial charge in [0.2, 0.25) is 17.6 Å². The molecule has 196 valence electrons. The molecule has 7 heteroatoms. The fraction of sp³-hybridized carbons (Fsp3) is 0.323. The van der Waals surface area contributed by atoms with E-state index in [9.17, 15) is 4.79 Å². The zero-order chi connectivity index (χ0) is 26.5. The number of carbonyl (C=O) groups excluding carboxylic acids is 1. The van der Waals surface area contributed by atoms with Crippen LogP contribution in [0.2, 0.25) is 0 Å². The minimum atomic E-state index is -0.0222. The van der Waals surface area contributed by atoms with Gasteiger partial charge in [0.15, 0.2) is 0 Å². The zero-order valence-corrected chi connectivity index (χ0v) is 22.2. The first-order valence-electron chi connectivity index (χ1n) is 13.1. The van der Waals surface area contributed by atoms with Crippen molar-refractivity contribution in [2.24, 2.45) is 5.92 Å². The van der Waals surface area contributed by atoms with Crippen LogP contribution >= 0.6 is 0 Å². The van der Waals surface area contributed by atoms with E-state index in [0.717, 1.165) is 48.7 Å². The van der Waals surface area contributed by atoms with Gasteiger partial charge in [0.25, 0.3) is 0 Å². The first-order chi connectivity index (χ1) is 18.3. The largest absolute Gasteiger partial charge is 0.457 e. The highest BCUT2D eigenvalue weighted by Crippen LogP contribution is 2.27. The van der Waals surface area contributed by atoms with Crippen molar-refractivity contribution in [1.82, 2.24) is 15.0 Å². The fourth-order valence-electron chi connectivity index (χ4n) is 4.58. The second-order valence-electron chi connectivity index (χ2n) is 10.8. The number of piperidine rings is 1. The topological polar surface area (TPSA) is 80.5 Å². The first kappa shape index (κ1) is 25.7. The Morgan fingerprint density at radius 3 is 2.26 bits per heavy atom. The second kappa shape index (κ2) is 11.2. The van der Waals surface area contributed by atoms with E-state index in [1.807, 2.05) is 66.7 Å². The van der Waals surface area contributed by atoms with Crippen LogP contribution in [-0.4, -0.2) is 34.0 Å². The number of anilines is 1. The van der Waals surface area contributed by atoms with Gasteiger partial charge in [0, 0.05) is 17.2 Å². The van der Waals surface area contributed by atoms with Crippen molar-refractivity contribution in [1.29, 1.82) is 0 Å². The molecule has 1 saturated heterocycles. The molecule has 1 fully saturated rings. The molecule has 4 aromatic rings. The summed E-state index contributed by atoms with van der Waals surface area (Å²) in [5.74, 6) is 2.75. The molecular weight excluding hydrogens is 476 g/mol. The lowest BCUT2D eigenvalue weighted by Crippen LogP contribution is -2.37. The average molecular weight is 511 g/mol. The minimum Gasteiger partial charge on any atom is -0.457 e. The van der Waals surface area contributed by atoms with Crippen molar-refractivity contribution >= 4 is 11.6 Å². The molecule has 0 saturated carbocycles. The third-order valence-corrected chi connectivity index (χ3v) is 6.90. The van der Waals surface area contributed by atoms with Gasteiger partial charge in [-0.1, -0.05) is 68.4 Å². The molecule has 0 atom stereocenters. The van der Waals surface area contributed by atoms with Crippen molar-refractivity contribution < 1.29 is 14.1 Å². The van der Waals surface area contributed by atoms with Gasteiger partial charge in [0.1, 0.15) is 11.5 Å². The lowest BCUT2D eigenvalue weighted by molar-refractivity contribution is -0.121. The Morgan fingerprint density at radius 2 is 1.61 bits per heavy atom. The predicted molar refractivity (Wildman–Crippen MR) is 148 cm³/mol. The molecule has 1 aliphatic heterocycles. The number of para-hydroxylation sites is 1. The Hall–Kier alpha value is -3.97. The number of aromatic nitrogens is 2. The van der Waals surface area contributed by atoms with E-state index in [-0.39, 0.29) is 17.2 Å². The van der Waals surface area contributed by atoms with Gasteiger partial charge in [-0.2, -0.15) is 4.98 Å². The average Bonchev–Trinajstić information content (AvgIpc) is 3.39. The summed E-state index contributed by atoms with van der Waals surface area (Å²) in [7, 11) is 0. The zero-order valence-electron chi connectivity index (χ0n) is 22.2. The van der Waals surface area contributed by atoms with E-state index >= 15 is 0 Å². The maximum Gasteiger partial charge on any atom is 0.241 e. The van der Waals surface area contributed by atoms with Crippen LogP contribution in [-0.2, 0) is 16.8 Å². The lowest BCUT2D eigenvalue weighted by atomic mass is 9.87. The highest BCUT2D eigenvalue weighted by atomic mass is 16.5. The van der Waals surface area contributed by atoms with Crippen LogP contribution in [0.3, 0.4) is 0 Å². The molecule has 0 spiro atoms. The number of hydrogen-bond donors (Lipinski definition) is 1. The summed E-state index contributed by atoms with van der Waals surface area (Å²) >= 11 is 0. The molecule has 38 heavy (non-hydrogen) atoms. The molecule has 0 aliphatic carbocycles. The highest BCUT2D eigenvalue weighted by Gasteiger charge is 2.26. The fourth-order valence-corrected chi connectivity index (χ4v) is 4.58. The molecule has 0 radical (unpaired) electrons. The van der Waals surface area contributed by atoms with Crippen molar-refractivity contribution in [2.75, 3.05) is 18.4 Å². The van der Waals surface area contributed by atoms with Gasteiger partial charge in [-0.25, -0.2) is 0 Å². The Balaban J connectivity index is 1.09. The molecule has 3 aromatic carbocycles. The number of nitrogens with zero attached hydrogens (tertiary/aromatic N) is 3. The van der Waals surface area contributed by atoms with E-state index in [0.29, 0.717) is 18.3 Å². The van der Waals surface area contributed by atoms with Crippen LogP contribution in [0, 0.1) is 5.92 Å². The summed E-state index contributed by atoms with van der Waals surface area (Å²) in [6.45, 7) is 8.79. The Kier molecular flexibility index (Phi) is 7.56. The molecule has 1 amide bonds. The summed E-state index contributed by atoms with van der Waals surface area (Å²) < 4.78 is 11.4. The monoisotopic (exact) mass is 510 g/mol. The van der Waals surface area contributed by atoms with E-state index in [1.54, 1.807) is 0 Å². The van der Waals surface area contributed by atoms with Crippen LogP contribution in [0.1, 0.15) is 45.1 Å². The summed E-state index contributed by atoms with van der Waals surface area (Å²) in [6, 6.07) is 25.4. The quantitative estimate of drug-likeness (QED) is 0.299. The van der Waals surface area contributed by atoms with Crippen molar-refractivity contribution in [3.8, 4) is 22.9 Å². The maximum absolute atomic E-state index is 12.9. The summed E-state index contributed by atoms with van der Waals surface area (Å²) in [5.41, 5.74) is 3.09. The maximum atomic E-state index is 12.9. The molecule has 7 nitrogen and oxygen atoms in total. The standard InChI is InChI=1S/C31H34N4O3/c1-31(2,3)24-11-9-22(10-12-24)29-33-28(38-34-29)21-35-19-17-23(18-20-35)30(36)32-25-13-15-27(16-14-25)37-26-7-5-4-6-8-26/h4-16,23H,17-21H2,1-3H3,(H,32,36). The van der Waals surface area contributed by atoms with Gasteiger partial charge < -0.3 is 14.6 Å². The van der Waals surface area contributed by atoms with Crippen LogP contribution in [0.4, 0.5) is 5.69 Å². The van der Waals surface area contributed by atoms with E-state index in [4.69, 9.17) is 9.26 Å². The number of amides is 1. The van der Waals surface area contributed by atoms with Crippen molar-refractivity contribution in [3.05, 3.63) is 90.3 Å². The summed E-state index contributed by atoms with van der Waals surface area (Å²) in [6.07, 6.45) is 1.58. The van der Waals surface area contributed by atoms with Gasteiger partial charge in [-0.15, -0.1) is 0 Å². The molecule has 1 N–H and O–H groups in total. The molecular formula is C31H34N4O3. The SMILES string of the molecule is CC(C)(C)c1ccc(-c2noc(CN3CCC(C(=O)Nc4ccc(Oc5ccccc5)cc4)CC3)n2)cc1. The third kappa shape index (κ3) is 6.47. The number of rotatable bonds is 7. The third-order valence-electron chi connectivity index (χ3n) is 6.90. The number of benzene rings is 3. The molecule has 5 rings (SSSR count). The minimum absolute atomic E-state index is 0.0222. The molecule has 1 aromatic heterocycles. The molecule has 1 aliphatic rings. The first-order valence-corrected chi connectivity index (χ1v) is 13.1. The normalized spacial score (nSPS) is 14.8. The Labute approximate surface area is 223 Å². The number of carbonyl (C=O) groups is 1. The van der Waals surface area contributed by atoms with Gasteiger partial charge in [-0.3, -0.25) is 9.69 Å². The molecule has 0 bridgehead atoms. The second-order valence-corrected chi connectivity index (χ2v) is 10.8. The van der Waals surface area contributed by atoms with Gasteiger partial charge >= 0.3 is 0 Å². The summed E-state index contributed by atoms with van der Waals surface area (Å²) in [4.78, 5) is 19.7. The van der Waals surface area contributed by atoms with Gasteiger partial charge in [-0.05, 0) is 73.3 Å². The van der Waals surface area contributed by atoms with Crippen LogP contribution in [0.25, 0.3) is 11.4 Å².